The van der Waals surface area contributed by atoms with E-state index in [0.717, 1.165) is 22.8 Å². The molecule has 0 atom stereocenters. The van der Waals surface area contributed by atoms with Crippen molar-refractivity contribution in [1.82, 2.24) is 0 Å². The molecule has 0 fully saturated rings. The zero-order chi connectivity index (χ0) is 18.9. The smallest absolute Gasteiger partial charge is 0.206 e. The van der Waals surface area contributed by atoms with Crippen LogP contribution in [0.1, 0.15) is 16.7 Å². The number of hydrogen-bond donors (Lipinski definition) is 0. The van der Waals surface area contributed by atoms with E-state index < -0.39 is 9.84 Å². The summed E-state index contributed by atoms with van der Waals surface area (Å²) in [5, 5.41) is 1.96. The predicted octanol–water partition coefficient (Wildman–Crippen LogP) is 5.57. The first-order valence-corrected chi connectivity index (χ1v) is 10.4. The van der Waals surface area contributed by atoms with Crippen LogP contribution in [0.25, 0.3) is 10.8 Å². The summed E-state index contributed by atoms with van der Waals surface area (Å²) in [6, 6.07) is 28.6. The highest BCUT2D eigenvalue weighted by Crippen LogP contribution is 2.25. The SMILES string of the molecule is Cc1ccc(Cc2ccc(S(=O)(=O)c3ccc4ccccc4c3)cc2)cc1. The number of rotatable bonds is 4. The summed E-state index contributed by atoms with van der Waals surface area (Å²) in [4.78, 5) is 0.651. The molecule has 0 amide bonds. The van der Waals surface area contributed by atoms with Gasteiger partial charge in [0.15, 0.2) is 0 Å². The van der Waals surface area contributed by atoms with Gasteiger partial charge in [0.25, 0.3) is 0 Å². The van der Waals surface area contributed by atoms with Crippen molar-refractivity contribution in [3.05, 3.63) is 108 Å². The Morgan fingerprint density at radius 2 is 1.19 bits per heavy atom. The molecule has 0 aromatic heterocycles. The van der Waals surface area contributed by atoms with E-state index >= 15 is 0 Å². The van der Waals surface area contributed by atoms with E-state index in [1.54, 1.807) is 24.3 Å². The van der Waals surface area contributed by atoms with Crippen molar-refractivity contribution in [3.63, 3.8) is 0 Å². The molecule has 0 N–H and O–H groups in total. The van der Waals surface area contributed by atoms with Crippen LogP contribution in [0.5, 0.6) is 0 Å². The van der Waals surface area contributed by atoms with Gasteiger partial charge in [0.05, 0.1) is 9.79 Å². The topological polar surface area (TPSA) is 34.1 Å². The Kier molecular flexibility index (Phi) is 4.54. The van der Waals surface area contributed by atoms with E-state index in [2.05, 4.69) is 31.2 Å². The van der Waals surface area contributed by atoms with Crippen molar-refractivity contribution in [2.45, 2.75) is 23.1 Å². The molecule has 0 heterocycles. The van der Waals surface area contributed by atoms with E-state index in [4.69, 9.17) is 0 Å². The normalized spacial score (nSPS) is 11.6. The van der Waals surface area contributed by atoms with Crippen LogP contribution < -0.4 is 0 Å². The maximum absolute atomic E-state index is 13.0. The zero-order valence-corrected chi connectivity index (χ0v) is 15.9. The molecule has 0 aliphatic carbocycles. The third-order valence-corrected chi connectivity index (χ3v) is 6.56. The first-order chi connectivity index (χ1) is 13.0. The van der Waals surface area contributed by atoms with Crippen LogP contribution >= 0.6 is 0 Å². The van der Waals surface area contributed by atoms with Crippen molar-refractivity contribution in [1.29, 1.82) is 0 Å². The summed E-state index contributed by atoms with van der Waals surface area (Å²) in [5.41, 5.74) is 3.54. The van der Waals surface area contributed by atoms with Gasteiger partial charge in [-0.25, -0.2) is 8.42 Å². The first kappa shape index (κ1) is 17.5. The van der Waals surface area contributed by atoms with Crippen LogP contribution in [-0.2, 0) is 16.3 Å². The van der Waals surface area contributed by atoms with Gasteiger partial charge in [0, 0.05) is 0 Å². The number of sulfone groups is 1. The monoisotopic (exact) mass is 372 g/mol. The van der Waals surface area contributed by atoms with Crippen LogP contribution in [0.4, 0.5) is 0 Å². The highest BCUT2D eigenvalue weighted by molar-refractivity contribution is 7.91. The third kappa shape index (κ3) is 3.64. The minimum atomic E-state index is -3.53. The molecule has 27 heavy (non-hydrogen) atoms. The Hall–Kier alpha value is -2.91. The summed E-state index contributed by atoms with van der Waals surface area (Å²) in [5.74, 6) is 0. The molecule has 4 aromatic rings. The largest absolute Gasteiger partial charge is 0.219 e. The van der Waals surface area contributed by atoms with Gasteiger partial charge in [-0.2, -0.15) is 0 Å². The van der Waals surface area contributed by atoms with Crippen molar-refractivity contribution in [3.8, 4) is 0 Å². The maximum atomic E-state index is 13.0. The molecule has 2 nitrogen and oxygen atoms in total. The molecule has 4 rings (SSSR count). The van der Waals surface area contributed by atoms with Gasteiger partial charge in [0.2, 0.25) is 9.84 Å². The first-order valence-electron chi connectivity index (χ1n) is 8.91. The van der Waals surface area contributed by atoms with E-state index in [-0.39, 0.29) is 0 Å². The summed E-state index contributed by atoms with van der Waals surface area (Å²) >= 11 is 0. The number of fused-ring (bicyclic) bond motifs is 1. The third-order valence-electron chi connectivity index (χ3n) is 4.79. The summed E-state index contributed by atoms with van der Waals surface area (Å²) in [6.45, 7) is 2.07. The molecular weight excluding hydrogens is 352 g/mol. The molecular formula is C24H20O2S. The average molecular weight is 372 g/mol. The van der Waals surface area contributed by atoms with Gasteiger partial charge in [-0.05, 0) is 59.5 Å². The van der Waals surface area contributed by atoms with Crippen LogP contribution in [0.3, 0.4) is 0 Å². The predicted molar refractivity (Wildman–Crippen MR) is 110 cm³/mol. The zero-order valence-electron chi connectivity index (χ0n) is 15.1. The van der Waals surface area contributed by atoms with Gasteiger partial charge < -0.3 is 0 Å². The summed E-state index contributed by atoms with van der Waals surface area (Å²) < 4.78 is 26.0. The Morgan fingerprint density at radius 3 is 1.85 bits per heavy atom. The Morgan fingerprint density at radius 1 is 0.630 bits per heavy atom. The molecule has 0 spiro atoms. The second-order valence-electron chi connectivity index (χ2n) is 6.82. The van der Waals surface area contributed by atoms with E-state index in [1.807, 2.05) is 42.5 Å². The van der Waals surface area contributed by atoms with Crippen LogP contribution in [0.15, 0.2) is 101 Å². The van der Waals surface area contributed by atoms with Crippen molar-refractivity contribution in [2.75, 3.05) is 0 Å². The number of aryl methyl sites for hydroxylation is 1. The molecule has 3 heteroatoms. The number of hydrogen-bond acceptors (Lipinski definition) is 2. The van der Waals surface area contributed by atoms with Gasteiger partial charge >= 0.3 is 0 Å². The minimum absolute atomic E-state index is 0.324. The highest BCUT2D eigenvalue weighted by atomic mass is 32.2. The lowest BCUT2D eigenvalue weighted by molar-refractivity contribution is 0.596. The minimum Gasteiger partial charge on any atom is -0.219 e. The van der Waals surface area contributed by atoms with Crippen LogP contribution in [0, 0.1) is 6.92 Å². The van der Waals surface area contributed by atoms with Gasteiger partial charge in [-0.15, -0.1) is 0 Å². The molecule has 0 bridgehead atoms. The molecule has 0 saturated heterocycles. The Balaban J connectivity index is 1.62. The molecule has 0 aliphatic heterocycles. The fourth-order valence-electron chi connectivity index (χ4n) is 3.20. The summed E-state index contributed by atoms with van der Waals surface area (Å²) in [6.07, 6.45) is 0.788. The molecule has 0 unspecified atom stereocenters. The molecule has 0 saturated carbocycles. The maximum Gasteiger partial charge on any atom is 0.206 e. The van der Waals surface area contributed by atoms with E-state index in [1.165, 1.54) is 11.1 Å². The van der Waals surface area contributed by atoms with E-state index in [9.17, 15) is 8.42 Å². The lowest BCUT2D eigenvalue weighted by Crippen LogP contribution is -2.02. The van der Waals surface area contributed by atoms with Gasteiger partial charge in [-0.1, -0.05) is 72.3 Å². The van der Waals surface area contributed by atoms with Crippen LogP contribution in [0.2, 0.25) is 0 Å². The fraction of sp³-hybridized carbons (Fsp3) is 0.0833. The Labute approximate surface area is 160 Å². The standard InChI is InChI=1S/C24H20O2S/c1-18-6-8-19(9-7-18)16-20-10-13-23(14-11-20)27(25,26)24-15-12-21-4-2-3-5-22(21)17-24/h2-15,17H,16H2,1H3. The lowest BCUT2D eigenvalue weighted by atomic mass is 10.0. The lowest BCUT2D eigenvalue weighted by Gasteiger charge is -2.08. The second-order valence-corrected chi connectivity index (χ2v) is 8.77. The average Bonchev–Trinajstić information content (AvgIpc) is 2.70. The highest BCUT2D eigenvalue weighted by Gasteiger charge is 2.17. The molecule has 134 valence electrons. The van der Waals surface area contributed by atoms with E-state index in [0.29, 0.717) is 9.79 Å². The Bertz CT molecular complexity index is 1190. The van der Waals surface area contributed by atoms with Gasteiger partial charge in [-0.3, -0.25) is 0 Å². The fourth-order valence-corrected chi connectivity index (χ4v) is 4.49. The van der Waals surface area contributed by atoms with Crippen molar-refractivity contribution < 1.29 is 8.42 Å². The molecule has 0 aliphatic rings. The number of benzene rings is 4. The van der Waals surface area contributed by atoms with Gasteiger partial charge in [0.1, 0.15) is 0 Å². The summed E-state index contributed by atoms with van der Waals surface area (Å²) in [7, 11) is -3.53. The van der Waals surface area contributed by atoms with Crippen molar-refractivity contribution in [2.24, 2.45) is 0 Å². The van der Waals surface area contributed by atoms with Crippen LogP contribution in [-0.4, -0.2) is 8.42 Å². The molecule has 0 radical (unpaired) electrons. The quantitative estimate of drug-likeness (QED) is 0.469. The molecule has 4 aromatic carbocycles. The van der Waals surface area contributed by atoms with Crippen molar-refractivity contribution >= 4 is 20.6 Å². The second kappa shape index (κ2) is 7.01.